The first kappa shape index (κ1) is 43.8. The Labute approximate surface area is 277 Å². The molecule has 7 nitrogen and oxygen atoms in total. The minimum absolute atomic E-state index is 0.285. The van der Waals surface area contributed by atoms with Gasteiger partial charge in [-0.2, -0.15) is 8.42 Å². The molecule has 8 heteroatoms. The quantitative estimate of drug-likeness (QED) is 0.0317. The van der Waals surface area contributed by atoms with Gasteiger partial charge in [0.1, 0.15) is 6.10 Å². The van der Waals surface area contributed by atoms with Gasteiger partial charge in [-0.25, -0.2) is 0 Å². The van der Waals surface area contributed by atoms with Crippen LogP contribution in [-0.2, 0) is 14.9 Å². The van der Waals surface area contributed by atoms with Crippen molar-refractivity contribution >= 4 is 16.0 Å². The average molecular weight is 658 g/mol. The smallest absolute Gasteiger partial charge is 0.266 e. The van der Waals surface area contributed by atoms with Crippen LogP contribution in [0.25, 0.3) is 0 Å². The first-order chi connectivity index (χ1) is 21.7. The summed E-state index contributed by atoms with van der Waals surface area (Å²) in [7, 11) is -4.39. The van der Waals surface area contributed by atoms with E-state index in [-0.39, 0.29) is 6.42 Å². The number of unbranched alkanes of at least 4 members (excludes halogenated alkanes) is 20. The van der Waals surface area contributed by atoms with Gasteiger partial charge in [0.25, 0.3) is 10.1 Å². The Bertz CT molecular complexity index is 829. The topological polar surface area (TPSA) is 124 Å². The second kappa shape index (κ2) is 31.4. The van der Waals surface area contributed by atoms with Crippen LogP contribution in [0.3, 0.4) is 0 Å². The molecule has 0 saturated carbocycles. The molecule has 3 atom stereocenters. The van der Waals surface area contributed by atoms with Crippen molar-refractivity contribution in [2.45, 2.75) is 199 Å². The van der Waals surface area contributed by atoms with Crippen LogP contribution in [0, 0.1) is 0 Å². The molecule has 45 heavy (non-hydrogen) atoms. The van der Waals surface area contributed by atoms with E-state index in [0.29, 0.717) is 19.3 Å². The van der Waals surface area contributed by atoms with Crippen LogP contribution in [-0.4, -0.2) is 53.1 Å². The van der Waals surface area contributed by atoms with Crippen molar-refractivity contribution in [3.05, 3.63) is 24.3 Å². The zero-order valence-corrected chi connectivity index (χ0v) is 29.9. The fourth-order valence-electron chi connectivity index (χ4n) is 5.61. The molecule has 0 fully saturated rings. The second-order valence-electron chi connectivity index (χ2n) is 13.0. The molecule has 0 aromatic rings. The van der Waals surface area contributed by atoms with E-state index in [0.717, 1.165) is 70.6 Å². The Morgan fingerprint density at radius 3 is 1.44 bits per heavy atom. The third-order valence-electron chi connectivity index (χ3n) is 8.52. The Balaban J connectivity index is 3.89. The van der Waals surface area contributed by atoms with E-state index in [4.69, 9.17) is 0 Å². The molecular formula is C37H71NO6S. The van der Waals surface area contributed by atoms with Crippen LogP contribution >= 0.6 is 0 Å². The van der Waals surface area contributed by atoms with E-state index in [2.05, 4.69) is 43.5 Å². The minimum atomic E-state index is -4.39. The largest absolute Gasteiger partial charge is 0.391 e. The third-order valence-corrected chi connectivity index (χ3v) is 9.30. The highest BCUT2D eigenvalue weighted by molar-refractivity contribution is 7.85. The lowest BCUT2D eigenvalue weighted by molar-refractivity contribution is -0.131. The molecular weight excluding hydrogens is 586 g/mol. The first-order valence-corrected chi connectivity index (χ1v) is 20.2. The van der Waals surface area contributed by atoms with Crippen molar-refractivity contribution in [3.63, 3.8) is 0 Å². The third kappa shape index (κ3) is 31.2. The molecule has 0 rings (SSSR count). The van der Waals surface area contributed by atoms with Crippen LogP contribution < -0.4 is 5.32 Å². The monoisotopic (exact) mass is 658 g/mol. The Morgan fingerprint density at radius 2 is 1.00 bits per heavy atom. The lowest BCUT2D eigenvalue weighted by Crippen LogP contribution is -2.50. The first-order valence-electron chi connectivity index (χ1n) is 18.6. The predicted octanol–water partition coefficient (Wildman–Crippen LogP) is 9.38. The molecule has 3 unspecified atom stereocenters. The zero-order valence-electron chi connectivity index (χ0n) is 29.1. The van der Waals surface area contributed by atoms with Gasteiger partial charge in [-0.05, 0) is 44.9 Å². The molecule has 0 aromatic heterocycles. The van der Waals surface area contributed by atoms with Gasteiger partial charge in [0.15, 0.2) is 0 Å². The number of nitrogens with one attached hydrogen (secondary N) is 1. The number of aliphatic hydroxyl groups is 2. The highest BCUT2D eigenvalue weighted by Crippen LogP contribution is 2.14. The van der Waals surface area contributed by atoms with Crippen LogP contribution in [0.2, 0.25) is 0 Å². The van der Waals surface area contributed by atoms with Gasteiger partial charge in [0.2, 0.25) is 5.91 Å². The van der Waals surface area contributed by atoms with Gasteiger partial charge in [-0.3, -0.25) is 9.35 Å². The lowest BCUT2D eigenvalue weighted by Gasteiger charge is -2.24. The standard InChI is InChI=1S/C37H71NO6S/c1-3-5-7-9-11-12-13-14-15-16-17-18-19-20-21-22-23-24-25-26-28-30-32-36(40)37(41)38-34(33-45(42,43)44)35(39)31-29-27-10-8-6-4-2/h17-18,20-21,34-36,39-40H,3-16,19,22-33H2,1-2H3,(H,38,41)(H,42,43,44)/b18-17-,21-20-. The van der Waals surface area contributed by atoms with Crippen molar-refractivity contribution in [2.75, 3.05) is 5.75 Å². The van der Waals surface area contributed by atoms with Gasteiger partial charge < -0.3 is 15.5 Å². The normalized spacial score (nSPS) is 14.3. The molecule has 0 aliphatic heterocycles. The number of carbonyl (C=O) groups is 1. The van der Waals surface area contributed by atoms with Crippen molar-refractivity contribution in [1.29, 1.82) is 0 Å². The fraction of sp³-hybridized carbons (Fsp3) is 0.865. The summed E-state index contributed by atoms with van der Waals surface area (Å²) < 4.78 is 32.2. The van der Waals surface area contributed by atoms with Crippen molar-refractivity contribution in [2.24, 2.45) is 0 Å². The molecule has 0 aliphatic rings. The number of carbonyl (C=O) groups excluding carboxylic acids is 1. The Morgan fingerprint density at radius 1 is 0.600 bits per heavy atom. The molecule has 0 radical (unpaired) electrons. The number of amides is 1. The summed E-state index contributed by atoms with van der Waals surface area (Å²) in [5, 5.41) is 23.2. The van der Waals surface area contributed by atoms with E-state index in [1.54, 1.807) is 0 Å². The van der Waals surface area contributed by atoms with E-state index in [9.17, 15) is 28.0 Å². The maximum absolute atomic E-state index is 12.5. The number of aliphatic hydroxyl groups excluding tert-OH is 2. The molecule has 0 saturated heterocycles. The molecule has 266 valence electrons. The van der Waals surface area contributed by atoms with E-state index < -0.39 is 40.0 Å². The van der Waals surface area contributed by atoms with Gasteiger partial charge in [0, 0.05) is 0 Å². The van der Waals surface area contributed by atoms with Gasteiger partial charge in [-0.15, -0.1) is 0 Å². The van der Waals surface area contributed by atoms with Gasteiger partial charge in [0.05, 0.1) is 17.9 Å². The maximum Gasteiger partial charge on any atom is 0.266 e. The van der Waals surface area contributed by atoms with Crippen LogP contribution in [0.5, 0.6) is 0 Å². The lowest BCUT2D eigenvalue weighted by atomic mass is 10.0. The van der Waals surface area contributed by atoms with Crippen molar-refractivity contribution in [3.8, 4) is 0 Å². The number of rotatable bonds is 33. The molecule has 0 aliphatic carbocycles. The van der Waals surface area contributed by atoms with Crippen molar-refractivity contribution in [1.82, 2.24) is 5.32 Å². The molecule has 0 spiro atoms. The van der Waals surface area contributed by atoms with Gasteiger partial charge >= 0.3 is 0 Å². The number of hydrogen-bond acceptors (Lipinski definition) is 5. The average Bonchev–Trinajstić information content (AvgIpc) is 3.00. The number of hydrogen-bond donors (Lipinski definition) is 4. The highest BCUT2D eigenvalue weighted by Gasteiger charge is 2.28. The summed E-state index contributed by atoms with van der Waals surface area (Å²) in [6.07, 6.45) is 35.3. The summed E-state index contributed by atoms with van der Waals surface area (Å²) in [6, 6.07) is -1.15. The molecule has 0 bridgehead atoms. The molecule has 1 amide bonds. The molecule has 4 N–H and O–H groups in total. The van der Waals surface area contributed by atoms with Crippen LogP contribution in [0.4, 0.5) is 0 Å². The van der Waals surface area contributed by atoms with Crippen LogP contribution in [0.15, 0.2) is 24.3 Å². The van der Waals surface area contributed by atoms with Crippen molar-refractivity contribution < 1.29 is 28.0 Å². The summed E-state index contributed by atoms with van der Waals surface area (Å²) in [5.74, 6) is -1.47. The van der Waals surface area contributed by atoms with E-state index in [1.165, 1.54) is 70.6 Å². The highest BCUT2D eigenvalue weighted by atomic mass is 32.2. The second-order valence-corrected chi connectivity index (χ2v) is 14.5. The Kier molecular flexibility index (Phi) is 30.5. The van der Waals surface area contributed by atoms with E-state index >= 15 is 0 Å². The van der Waals surface area contributed by atoms with Gasteiger partial charge in [-0.1, -0.05) is 160 Å². The molecule has 0 aromatic carbocycles. The fourth-order valence-corrected chi connectivity index (χ4v) is 6.37. The maximum atomic E-state index is 12.5. The van der Waals surface area contributed by atoms with Crippen LogP contribution in [0.1, 0.15) is 181 Å². The van der Waals surface area contributed by atoms with E-state index in [1.807, 2.05) is 0 Å². The minimum Gasteiger partial charge on any atom is -0.391 e. The summed E-state index contributed by atoms with van der Waals surface area (Å²) in [6.45, 7) is 4.41. The Hall–Kier alpha value is -1.22. The SMILES string of the molecule is CCCCCCCCCCC/C=C\C/C=C\CCCCCCCCC(O)C(=O)NC(CS(=O)(=O)O)C(O)CCCCCCCC. The predicted molar refractivity (Wildman–Crippen MR) is 190 cm³/mol. The summed E-state index contributed by atoms with van der Waals surface area (Å²) >= 11 is 0. The number of allylic oxidation sites excluding steroid dienone is 4. The summed E-state index contributed by atoms with van der Waals surface area (Å²) in [5.41, 5.74) is 0. The summed E-state index contributed by atoms with van der Waals surface area (Å²) in [4.78, 5) is 12.5. The molecule has 0 heterocycles. The zero-order chi connectivity index (χ0) is 33.4.